The Kier molecular flexibility index (Phi) is 3.93. The Morgan fingerprint density at radius 3 is 2.53 bits per heavy atom. The summed E-state index contributed by atoms with van der Waals surface area (Å²) in [6.07, 6.45) is 0. The molecule has 0 heterocycles. The quantitative estimate of drug-likeness (QED) is 0.664. The van der Waals surface area contributed by atoms with Gasteiger partial charge in [0.15, 0.2) is 0 Å². The van der Waals surface area contributed by atoms with Crippen molar-refractivity contribution in [3.63, 3.8) is 0 Å². The minimum Gasteiger partial charge on any atom is -0.478 e. The van der Waals surface area contributed by atoms with Crippen molar-refractivity contribution in [2.45, 2.75) is 16.6 Å². The summed E-state index contributed by atoms with van der Waals surface area (Å²) in [6, 6.07) is 4.70. The highest BCUT2D eigenvalue weighted by Gasteiger charge is 2.22. The zero-order chi connectivity index (χ0) is 11.6. The van der Waals surface area contributed by atoms with Crippen LogP contribution in [-0.4, -0.2) is 16.9 Å². The number of carboxylic acids is 1. The number of aromatic carboxylic acids is 1. The van der Waals surface area contributed by atoms with Crippen LogP contribution in [0.4, 0.5) is 0 Å². The Labute approximate surface area is 101 Å². The van der Waals surface area contributed by atoms with Gasteiger partial charge in [-0.3, -0.25) is 4.79 Å². The molecular formula is C10H9BrO3S. The van der Waals surface area contributed by atoms with Gasteiger partial charge >= 0.3 is 5.97 Å². The molecule has 1 aromatic rings. The molecule has 0 saturated heterocycles. The Morgan fingerprint density at radius 1 is 1.47 bits per heavy atom. The van der Waals surface area contributed by atoms with Crippen molar-refractivity contribution in [3.05, 3.63) is 29.3 Å². The molecule has 1 rings (SSSR count). The lowest BCUT2D eigenvalue weighted by Crippen LogP contribution is -2.09. The van der Waals surface area contributed by atoms with Crippen molar-refractivity contribution in [2.24, 2.45) is 0 Å². The number of Topliss-reactive ketones (excluding diaryl/α,β-unsaturated/α-hetero) is 1. The van der Waals surface area contributed by atoms with Crippen LogP contribution in [0.15, 0.2) is 23.1 Å². The van der Waals surface area contributed by atoms with Gasteiger partial charge in [-0.2, -0.15) is 0 Å². The average molecular weight is 289 g/mol. The summed E-state index contributed by atoms with van der Waals surface area (Å²) in [4.78, 5) is 22.0. The summed E-state index contributed by atoms with van der Waals surface area (Å²) in [7, 11) is 0. The number of benzene rings is 1. The highest BCUT2D eigenvalue weighted by Crippen LogP contribution is 2.32. The van der Waals surface area contributed by atoms with Gasteiger partial charge in [-0.25, -0.2) is 4.79 Å². The van der Waals surface area contributed by atoms with Crippen LogP contribution >= 0.6 is 28.6 Å². The molecular weight excluding hydrogens is 280 g/mol. The Bertz CT molecular complexity index is 417. The smallest absolute Gasteiger partial charge is 0.336 e. The molecule has 1 aromatic carbocycles. The molecule has 0 radical (unpaired) electrons. The molecule has 0 aromatic heterocycles. The van der Waals surface area contributed by atoms with E-state index >= 15 is 0 Å². The molecule has 15 heavy (non-hydrogen) atoms. The van der Waals surface area contributed by atoms with E-state index in [1.807, 2.05) is 0 Å². The first-order valence-electron chi connectivity index (χ1n) is 4.15. The zero-order valence-electron chi connectivity index (χ0n) is 7.90. The number of hydrogen-bond donors (Lipinski definition) is 2. The maximum atomic E-state index is 11.2. The number of halogens is 1. The first-order valence-corrected chi connectivity index (χ1v) is 5.51. The Hall–Kier alpha value is -0.810. The molecule has 80 valence electrons. The van der Waals surface area contributed by atoms with E-state index in [2.05, 4.69) is 28.6 Å². The molecule has 1 atom stereocenters. The summed E-state index contributed by atoms with van der Waals surface area (Å²) < 4.78 is 0. The third kappa shape index (κ3) is 2.60. The van der Waals surface area contributed by atoms with Crippen LogP contribution in [0.3, 0.4) is 0 Å². The average Bonchev–Trinajstić information content (AvgIpc) is 2.16. The number of hydrogen-bond acceptors (Lipinski definition) is 3. The SMILES string of the molecule is CC(=O)C(Br)c1c(S)cccc1C(=O)O. The second kappa shape index (κ2) is 4.81. The predicted octanol–water partition coefficient (Wildman–Crippen LogP) is 2.70. The molecule has 0 spiro atoms. The van der Waals surface area contributed by atoms with Crippen molar-refractivity contribution in [1.29, 1.82) is 0 Å². The first kappa shape index (κ1) is 12.3. The number of thiol groups is 1. The molecule has 1 N–H and O–H groups in total. The monoisotopic (exact) mass is 288 g/mol. The molecule has 0 aliphatic carbocycles. The molecule has 0 saturated carbocycles. The minimum atomic E-state index is -1.06. The van der Waals surface area contributed by atoms with Gasteiger partial charge in [-0.1, -0.05) is 22.0 Å². The van der Waals surface area contributed by atoms with Crippen LogP contribution in [0.2, 0.25) is 0 Å². The van der Waals surface area contributed by atoms with E-state index in [0.717, 1.165) is 0 Å². The highest BCUT2D eigenvalue weighted by molar-refractivity contribution is 9.09. The third-order valence-electron chi connectivity index (χ3n) is 1.92. The maximum Gasteiger partial charge on any atom is 0.336 e. The normalized spacial score (nSPS) is 12.2. The molecule has 0 aliphatic rings. The molecule has 0 bridgehead atoms. The van der Waals surface area contributed by atoms with Crippen LogP contribution in [0.5, 0.6) is 0 Å². The highest BCUT2D eigenvalue weighted by atomic mass is 79.9. The number of rotatable bonds is 3. The van der Waals surface area contributed by atoms with Crippen LogP contribution < -0.4 is 0 Å². The Balaban J connectivity index is 3.37. The van der Waals surface area contributed by atoms with Crippen LogP contribution in [0, 0.1) is 0 Å². The van der Waals surface area contributed by atoms with Crippen LogP contribution in [-0.2, 0) is 4.79 Å². The fraction of sp³-hybridized carbons (Fsp3) is 0.200. The van der Waals surface area contributed by atoms with Gasteiger partial charge in [0.05, 0.1) is 10.4 Å². The number of alkyl halides is 1. The van der Waals surface area contributed by atoms with E-state index < -0.39 is 10.8 Å². The lowest BCUT2D eigenvalue weighted by Gasteiger charge is -2.12. The first-order chi connectivity index (χ1) is 6.95. The van der Waals surface area contributed by atoms with E-state index in [-0.39, 0.29) is 11.3 Å². The van der Waals surface area contributed by atoms with E-state index in [4.69, 9.17) is 5.11 Å². The van der Waals surface area contributed by atoms with Gasteiger partial charge in [0.25, 0.3) is 0 Å². The van der Waals surface area contributed by atoms with Crippen molar-refractivity contribution in [1.82, 2.24) is 0 Å². The molecule has 3 nitrogen and oxygen atoms in total. The van der Waals surface area contributed by atoms with Crippen molar-refractivity contribution >= 4 is 40.3 Å². The topological polar surface area (TPSA) is 54.4 Å². The largest absolute Gasteiger partial charge is 0.478 e. The zero-order valence-corrected chi connectivity index (χ0v) is 10.4. The predicted molar refractivity (Wildman–Crippen MR) is 63.0 cm³/mol. The number of ketones is 1. The van der Waals surface area contributed by atoms with E-state index in [0.29, 0.717) is 10.5 Å². The minimum absolute atomic E-state index is 0.0968. The van der Waals surface area contributed by atoms with Gasteiger partial charge in [-0.15, -0.1) is 12.6 Å². The summed E-state index contributed by atoms with van der Waals surface area (Å²) in [5, 5.41) is 8.95. The molecule has 0 fully saturated rings. The van der Waals surface area contributed by atoms with Gasteiger partial charge in [0.2, 0.25) is 0 Å². The molecule has 1 unspecified atom stereocenters. The fourth-order valence-electron chi connectivity index (χ4n) is 1.21. The fourth-order valence-corrected chi connectivity index (χ4v) is 2.21. The number of carbonyl (C=O) groups is 2. The molecule has 0 aliphatic heterocycles. The number of carbonyl (C=O) groups excluding carboxylic acids is 1. The standard InChI is InChI=1S/C10H9BrO3S/c1-5(12)9(11)8-6(10(13)14)3-2-4-7(8)15/h2-4,9,15H,1H3,(H,13,14). The van der Waals surface area contributed by atoms with E-state index in [1.54, 1.807) is 12.1 Å². The van der Waals surface area contributed by atoms with E-state index in [9.17, 15) is 9.59 Å². The van der Waals surface area contributed by atoms with Crippen LogP contribution in [0.1, 0.15) is 27.7 Å². The summed E-state index contributed by atoms with van der Waals surface area (Å²) in [5.41, 5.74) is 0.500. The second-order valence-corrected chi connectivity index (χ2v) is 4.41. The van der Waals surface area contributed by atoms with Crippen LogP contribution in [0.25, 0.3) is 0 Å². The maximum absolute atomic E-state index is 11.2. The van der Waals surface area contributed by atoms with Gasteiger partial charge in [-0.05, 0) is 19.1 Å². The van der Waals surface area contributed by atoms with Crippen molar-refractivity contribution < 1.29 is 14.7 Å². The third-order valence-corrected chi connectivity index (χ3v) is 3.42. The second-order valence-electron chi connectivity index (χ2n) is 3.02. The van der Waals surface area contributed by atoms with Gasteiger partial charge in [0.1, 0.15) is 5.78 Å². The van der Waals surface area contributed by atoms with Gasteiger partial charge in [0, 0.05) is 10.5 Å². The molecule has 5 heteroatoms. The lowest BCUT2D eigenvalue weighted by molar-refractivity contribution is -0.116. The number of carboxylic acid groups (broad SMARTS) is 1. The lowest BCUT2D eigenvalue weighted by atomic mass is 10.0. The summed E-state index contributed by atoms with van der Waals surface area (Å²) in [6.45, 7) is 1.39. The summed E-state index contributed by atoms with van der Waals surface area (Å²) in [5.74, 6) is -1.22. The van der Waals surface area contributed by atoms with Crippen molar-refractivity contribution in [3.8, 4) is 0 Å². The summed E-state index contributed by atoms with van der Waals surface area (Å²) >= 11 is 7.31. The van der Waals surface area contributed by atoms with Crippen molar-refractivity contribution in [2.75, 3.05) is 0 Å². The Morgan fingerprint density at radius 2 is 2.07 bits per heavy atom. The molecule has 0 amide bonds. The van der Waals surface area contributed by atoms with Gasteiger partial charge < -0.3 is 5.11 Å². The van der Waals surface area contributed by atoms with E-state index in [1.165, 1.54) is 13.0 Å².